The molecule has 0 aliphatic carbocycles. The van der Waals surface area contributed by atoms with Gasteiger partial charge in [0.25, 0.3) is 0 Å². The summed E-state index contributed by atoms with van der Waals surface area (Å²) >= 11 is 0. The van der Waals surface area contributed by atoms with Crippen LogP contribution in [0.3, 0.4) is 0 Å². The zero-order valence-corrected chi connectivity index (χ0v) is 22.2. The molecule has 7 heteroatoms. The van der Waals surface area contributed by atoms with Crippen molar-refractivity contribution in [2.45, 2.75) is 30.3 Å². The average Bonchev–Trinajstić information content (AvgIpc) is 2.95. The van der Waals surface area contributed by atoms with E-state index in [4.69, 9.17) is 13.7 Å². The first-order valence-electron chi connectivity index (χ1n) is 12.7. The fourth-order valence-electron chi connectivity index (χ4n) is 5.54. The lowest BCUT2D eigenvalue weighted by Crippen LogP contribution is -2.39. The number of hydrogen-bond donors (Lipinski definition) is 0. The van der Waals surface area contributed by atoms with Gasteiger partial charge in [0, 0.05) is 19.1 Å². The Morgan fingerprint density at radius 3 is 2.24 bits per heavy atom. The first-order chi connectivity index (χ1) is 18.4. The van der Waals surface area contributed by atoms with Crippen molar-refractivity contribution in [2.24, 2.45) is 0 Å². The number of fused-ring (bicyclic) bond motifs is 4. The summed E-state index contributed by atoms with van der Waals surface area (Å²) in [5.41, 5.74) is 6.76. The molecule has 0 aromatic heterocycles. The van der Waals surface area contributed by atoms with Gasteiger partial charge in [-0.15, -0.1) is 0 Å². The molecule has 4 aromatic rings. The first-order valence-corrected chi connectivity index (χ1v) is 14.1. The molecule has 2 aliphatic rings. The van der Waals surface area contributed by atoms with Crippen molar-refractivity contribution in [1.29, 1.82) is 0 Å². The largest absolute Gasteiger partial charge is 0.497 e. The summed E-state index contributed by atoms with van der Waals surface area (Å²) in [4.78, 5) is 2.57. The Bertz CT molecular complexity index is 1580. The number of benzene rings is 4. The molecule has 4 aromatic carbocycles. The van der Waals surface area contributed by atoms with Gasteiger partial charge < -0.3 is 13.7 Å². The quantitative estimate of drug-likeness (QED) is 0.296. The Morgan fingerprint density at radius 1 is 0.763 bits per heavy atom. The minimum Gasteiger partial charge on any atom is -0.497 e. The second-order valence-electron chi connectivity index (χ2n) is 9.70. The zero-order valence-electron chi connectivity index (χ0n) is 21.4. The van der Waals surface area contributed by atoms with Crippen LogP contribution in [0.4, 0.5) is 0 Å². The van der Waals surface area contributed by atoms with Gasteiger partial charge in [-0.2, -0.15) is 8.42 Å². The second-order valence-corrected chi connectivity index (χ2v) is 11.3. The minimum absolute atomic E-state index is 0.0956. The van der Waals surface area contributed by atoms with Gasteiger partial charge in [-0.05, 0) is 82.6 Å². The maximum absolute atomic E-state index is 13.2. The van der Waals surface area contributed by atoms with Crippen LogP contribution in [0.5, 0.6) is 17.2 Å². The zero-order chi connectivity index (χ0) is 26.3. The van der Waals surface area contributed by atoms with Gasteiger partial charge in [0.1, 0.15) is 10.6 Å². The van der Waals surface area contributed by atoms with Crippen LogP contribution in [0.15, 0.2) is 89.8 Å². The van der Waals surface area contributed by atoms with E-state index in [1.54, 1.807) is 31.4 Å². The van der Waals surface area contributed by atoms with Gasteiger partial charge in [-0.3, -0.25) is 4.90 Å². The summed E-state index contributed by atoms with van der Waals surface area (Å²) in [6, 6.07) is 26.8. The van der Waals surface area contributed by atoms with Crippen LogP contribution in [-0.4, -0.2) is 34.1 Å². The summed E-state index contributed by atoms with van der Waals surface area (Å²) < 4.78 is 43.1. The third-order valence-electron chi connectivity index (χ3n) is 7.54. The molecule has 2 heterocycles. The van der Waals surface area contributed by atoms with Crippen LogP contribution in [0.25, 0.3) is 11.1 Å². The fourth-order valence-corrected chi connectivity index (χ4v) is 6.47. The van der Waals surface area contributed by atoms with Crippen molar-refractivity contribution in [2.75, 3.05) is 20.8 Å². The Balaban J connectivity index is 1.29. The van der Waals surface area contributed by atoms with Gasteiger partial charge >= 0.3 is 10.1 Å². The third-order valence-corrected chi connectivity index (χ3v) is 8.79. The van der Waals surface area contributed by atoms with E-state index in [9.17, 15) is 8.42 Å². The summed E-state index contributed by atoms with van der Waals surface area (Å²) in [6.07, 6.45) is 1.73. The molecule has 0 radical (unpaired) electrons. The average molecular weight is 528 g/mol. The van der Waals surface area contributed by atoms with Crippen LogP contribution in [0.2, 0.25) is 0 Å². The molecule has 0 N–H and O–H groups in total. The Hall–Kier alpha value is -3.81. The van der Waals surface area contributed by atoms with E-state index in [0.29, 0.717) is 5.75 Å². The minimum atomic E-state index is -4.06. The van der Waals surface area contributed by atoms with E-state index in [1.165, 1.54) is 18.2 Å². The van der Waals surface area contributed by atoms with Crippen LogP contribution in [0.1, 0.15) is 28.3 Å². The first kappa shape index (κ1) is 24.5. The highest BCUT2D eigenvalue weighted by Crippen LogP contribution is 2.43. The summed E-state index contributed by atoms with van der Waals surface area (Å²) in [7, 11) is -0.833. The third kappa shape index (κ3) is 4.52. The molecule has 6 nitrogen and oxygen atoms in total. The lowest BCUT2D eigenvalue weighted by molar-refractivity contribution is 0.160. The topological polar surface area (TPSA) is 65.1 Å². The molecule has 1 atom stereocenters. The van der Waals surface area contributed by atoms with E-state index in [-0.39, 0.29) is 16.7 Å². The van der Waals surface area contributed by atoms with E-state index >= 15 is 0 Å². The molecule has 0 saturated heterocycles. The van der Waals surface area contributed by atoms with Crippen molar-refractivity contribution in [3.8, 4) is 28.4 Å². The maximum Gasteiger partial charge on any atom is 0.339 e. The Morgan fingerprint density at radius 2 is 1.50 bits per heavy atom. The van der Waals surface area contributed by atoms with Crippen LogP contribution in [-0.2, 0) is 29.5 Å². The highest BCUT2D eigenvalue weighted by Gasteiger charge is 2.33. The predicted octanol–water partition coefficient (Wildman–Crippen LogP) is 5.79. The highest BCUT2D eigenvalue weighted by molar-refractivity contribution is 7.87. The van der Waals surface area contributed by atoms with E-state index in [1.807, 2.05) is 48.5 Å². The van der Waals surface area contributed by atoms with Crippen molar-refractivity contribution in [3.05, 3.63) is 107 Å². The van der Waals surface area contributed by atoms with Crippen molar-refractivity contribution in [3.63, 3.8) is 0 Å². The smallest absolute Gasteiger partial charge is 0.339 e. The van der Waals surface area contributed by atoms with Crippen molar-refractivity contribution < 1.29 is 22.1 Å². The number of ether oxygens (including phenoxy) is 2. The van der Waals surface area contributed by atoms with Gasteiger partial charge in [0.15, 0.2) is 11.5 Å². The summed E-state index contributed by atoms with van der Waals surface area (Å²) in [6.45, 7) is 1.73. The molecule has 0 amide bonds. The number of nitrogens with zero attached hydrogens (tertiary/aromatic N) is 1. The standard InChI is InChI=1S/C31H29NO5S/c1-35-26-10-13-28-23(16-26)14-15-32-20-25-19-30(36-2)31(18-24(25)17-29(28)32)37-38(33,34)27-11-8-22(9-12-27)21-6-4-3-5-7-21/h3-13,16,18-19,29H,14-15,17,20H2,1-2H3. The number of rotatable bonds is 6. The molecule has 0 saturated carbocycles. The second kappa shape index (κ2) is 9.82. The van der Waals surface area contributed by atoms with Gasteiger partial charge in [-0.25, -0.2) is 0 Å². The number of hydrogen-bond acceptors (Lipinski definition) is 6. The normalized spacial score (nSPS) is 16.6. The molecule has 0 fully saturated rings. The van der Waals surface area contributed by atoms with Gasteiger partial charge in [0.2, 0.25) is 0 Å². The molecule has 38 heavy (non-hydrogen) atoms. The fraction of sp³-hybridized carbons (Fsp3) is 0.226. The number of methoxy groups -OCH3 is 2. The van der Waals surface area contributed by atoms with Crippen LogP contribution in [0, 0.1) is 0 Å². The highest BCUT2D eigenvalue weighted by atomic mass is 32.2. The monoisotopic (exact) mass is 527 g/mol. The van der Waals surface area contributed by atoms with Crippen molar-refractivity contribution in [1.82, 2.24) is 4.90 Å². The Labute approximate surface area is 223 Å². The molecular weight excluding hydrogens is 498 g/mol. The van der Waals surface area contributed by atoms with Gasteiger partial charge in [0.05, 0.1) is 14.2 Å². The molecule has 0 spiro atoms. The lowest BCUT2D eigenvalue weighted by Gasteiger charge is -2.41. The van der Waals surface area contributed by atoms with Crippen LogP contribution >= 0.6 is 0 Å². The molecule has 1 unspecified atom stereocenters. The Kier molecular flexibility index (Phi) is 6.33. The molecule has 2 aliphatic heterocycles. The molecule has 0 bridgehead atoms. The SMILES string of the molecule is COc1ccc2c(c1)CCN1Cc3cc(OC)c(OS(=O)(=O)c4ccc(-c5ccccc5)cc4)cc3CC21. The van der Waals surface area contributed by atoms with Gasteiger partial charge in [-0.1, -0.05) is 48.5 Å². The van der Waals surface area contributed by atoms with E-state index < -0.39 is 10.1 Å². The molecule has 194 valence electrons. The van der Waals surface area contributed by atoms with Crippen LogP contribution < -0.4 is 13.7 Å². The molecular formula is C31H29NO5S. The molecule has 6 rings (SSSR count). The lowest BCUT2D eigenvalue weighted by atomic mass is 9.84. The maximum atomic E-state index is 13.2. The predicted molar refractivity (Wildman–Crippen MR) is 146 cm³/mol. The summed E-state index contributed by atoms with van der Waals surface area (Å²) in [5, 5.41) is 0. The van der Waals surface area contributed by atoms with E-state index in [0.717, 1.165) is 53.9 Å². The summed E-state index contributed by atoms with van der Waals surface area (Å²) in [5.74, 6) is 1.49. The van der Waals surface area contributed by atoms with E-state index in [2.05, 4.69) is 17.0 Å². The van der Waals surface area contributed by atoms with Crippen molar-refractivity contribution >= 4 is 10.1 Å².